The highest BCUT2D eigenvalue weighted by atomic mass is 16.6. The van der Waals surface area contributed by atoms with Gasteiger partial charge in [0.2, 0.25) is 11.5 Å². The van der Waals surface area contributed by atoms with Gasteiger partial charge < -0.3 is 14.9 Å². The van der Waals surface area contributed by atoms with Crippen LogP contribution in [0.2, 0.25) is 0 Å². The van der Waals surface area contributed by atoms with Crippen molar-refractivity contribution in [3.8, 4) is 0 Å². The van der Waals surface area contributed by atoms with Gasteiger partial charge in [0.15, 0.2) is 17.1 Å². The van der Waals surface area contributed by atoms with Crippen molar-refractivity contribution >= 4 is 17.5 Å². The fraction of sp³-hybridized carbons (Fsp3) is 0.731. The molecule has 0 unspecified atom stereocenters. The standard InChI is InChI=1S/C26H36O6/c1-5-6-7-21(29)32-26(15(2)27)13-11-18-17-9-8-16-14-20(28)22(30)23(31)25(16,4)19(17)10-12-24(18,26)3/h14,17-19,28,30H,5-13H2,1-4H3/t17-,18-,19-,24-,25-,26-/m0/s1. The van der Waals surface area contributed by atoms with E-state index in [-0.39, 0.29) is 35.3 Å². The number of Topliss-reactive ketones (excluding diaryl/α,β-unsaturated/α-hetero) is 2. The Morgan fingerprint density at radius 2 is 1.81 bits per heavy atom. The second-order valence-electron chi connectivity index (χ2n) is 10.8. The van der Waals surface area contributed by atoms with Gasteiger partial charge in [-0.3, -0.25) is 14.4 Å². The summed E-state index contributed by atoms with van der Waals surface area (Å²) in [4.78, 5) is 38.8. The number of fused-ring (bicyclic) bond motifs is 5. The first kappa shape index (κ1) is 23.1. The van der Waals surface area contributed by atoms with Crippen molar-refractivity contribution in [2.24, 2.45) is 28.6 Å². The Morgan fingerprint density at radius 1 is 1.12 bits per heavy atom. The largest absolute Gasteiger partial charge is 0.504 e. The summed E-state index contributed by atoms with van der Waals surface area (Å²) >= 11 is 0. The van der Waals surface area contributed by atoms with Gasteiger partial charge in [-0.15, -0.1) is 0 Å². The van der Waals surface area contributed by atoms with Gasteiger partial charge in [0, 0.05) is 11.8 Å². The van der Waals surface area contributed by atoms with Gasteiger partial charge in [-0.25, -0.2) is 0 Å². The Labute approximate surface area is 190 Å². The fourth-order valence-electron chi connectivity index (χ4n) is 7.74. The third-order valence-corrected chi connectivity index (χ3v) is 9.54. The molecule has 32 heavy (non-hydrogen) atoms. The molecule has 0 heterocycles. The molecule has 4 aliphatic rings. The summed E-state index contributed by atoms with van der Waals surface area (Å²) in [5.74, 6) is -1.25. The van der Waals surface area contributed by atoms with Crippen LogP contribution in [0.5, 0.6) is 0 Å². The summed E-state index contributed by atoms with van der Waals surface area (Å²) < 4.78 is 6.05. The Hall–Kier alpha value is -2.11. The van der Waals surface area contributed by atoms with Crippen molar-refractivity contribution in [3.05, 3.63) is 23.2 Å². The van der Waals surface area contributed by atoms with Crippen molar-refractivity contribution in [2.45, 2.75) is 91.1 Å². The van der Waals surface area contributed by atoms with E-state index in [1.54, 1.807) is 13.0 Å². The third-order valence-electron chi connectivity index (χ3n) is 9.54. The zero-order valence-electron chi connectivity index (χ0n) is 19.7. The summed E-state index contributed by atoms with van der Waals surface area (Å²) in [5, 5.41) is 20.2. The quantitative estimate of drug-likeness (QED) is 0.570. The van der Waals surface area contributed by atoms with E-state index in [9.17, 15) is 24.6 Å². The summed E-state index contributed by atoms with van der Waals surface area (Å²) in [6.07, 6.45) is 7.81. The van der Waals surface area contributed by atoms with Gasteiger partial charge in [-0.1, -0.05) is 25.8 Å². The molecule has 176 valence electrons. The summed E-state index contributed by atoms with van der Waals surface area (Å²) in [7, 11) is 0. The lowest BCUT2D eigenvalue weighted by atomic mass is 9.46. The molecule has 4 rings (SSSR count). The van der Waals surface area contributed by atoms with E-state index in [2.05, 4.69) is 6.92 Å². The van der Waals surface area contributed by atoms with E-state index in [0.29, 0.717) is 32.1 Å². The van der Waals surface area contributed by atoms with Gasteiger partial charge in [0.1, 0.15) is 0 Å². The van der Waals surface area contributed by atoms with Gasteiger partial charge in [0.25, 0.3) is 0 Å². The summed E-state index contributed by atoms with van der Waals surface area (Å²) in [5.41, 5.74) is -1.50. The van der Waals surface area contributed by atoms with Crippen LogP contribution in [-0.4, -0.2) is 33.3 Å². The zero-order chi connectivity index (χ0) is 23.5. The van der Waals surface area contributed by atoms with Gasteiger partial charge in [-0.2, -0.15) is 0 Å². The number of rotatable bonds is 5. The molecule has 3 fully saturated rings. The average Bonchev–Trinajstić information content (AvgIpc) is 3.05. The van der Waals surface area contributed by atoms with E-state index in [1.807, 2.05) is 13.8 Å². The molecule has 0 spiro atoms. The molecule has 0 radical (unpaired) electrons. The number of aliphatic hydroxyl groups is 2. The molecule has 0 aliphatic heterocycles. The van der Waals surface area contributed by atoms with Crippen LogP contribution in [0.1, 0.15) is 85.5 Å². The molecule has 6 heteroatoms. The molecule has 4 aliphatic carbocycles. The van der Waals surface area contributed by atoms with Crippen LogP contribution < -0.4 is 0 Å². The molecule has 2 N–H and O–H groups in total. The van der Waals surface area contributed by atoms with E-state index >= 15 is 0 Å². The van der Waals surface area contributed by atoms with Crippen molar-refractivity contribution in [2.75, 3.05) is 0 Å². The van der Waals surface area contributed by atoms with E-state index < -0.39 is 28.0 Å². The first-order valence-electron chi connectivity index (χ1n) is 12.1. The molecule has 0 aromatic rings. The second-order valence-corrected chi connectivity index (χ2v) is 10.8. The minimum absolute atomic E-state index is 0.0295. The van der Waals surface area contributed by atoms with Gasteiger partial charge in [-0.05, 0) is 82.6 Å². The predicted molar refractivity (Wildman–Crippen MR) is 119 cm³/mol. The maximum atomic E-state index is 13.2. The number of aliphatic hydroxyl groups excluding tert-OH is 2. The molecule has 0 saturated heterocycles. The monoisotopic (exact) mass is 444 g/mol. The van der Waals surface area contributed by atoms with E-state index in [1.165, 1.54) is 0 Å². The van der Waals surface area contributed by atoms with Crippen LogP contribution in [0.15, 0.2) is 23.2 Å². The first-order chi connectivity index (χ1) is 15.0. The number of unbranched alkanes of at least 4 members (excludes halogenated alkanes) is 1. The predicted octanol–water partition coefficient (Wildman–Crippen LogP) is 5.13. The van der Waals surface area contributed by atoms with Gasteiger partial charge in [0.05, 0.1) is 5.41 Å². The van der Waals surface area contributed by atoms with Crippen LogP contribution >= 0.6 is 0 Å². The molecule has 0 bridgehead atoms. The molecular weight excluding hydrogens is 408 g/mol. The summed E-state index contributed by atoms with van der Waals surface area (Å²) in [6, 6.07) is 0. The van der Waals surface area contributed by atoms with Crippen LogP contribution in [-0.2, 0) is 19.1 Å². The number of carbonyl (C=O) groups is 3. The topological polar surface area (TPSA) is 101 Å². The minimum Gasteiger partial charge on any atom is -0.504 e. The Bertz CT molecular complexity index is 915. The first-order valence-corrected chi connectivity index (χ1v) is 12.1. The molecule has 6 nitrogen and oxygen atoms in total. The second kappa shape index (κ2) is 7.74. The van der Waals surface area contributed by atoms with Crippen molar-refractivity contribution < 1.29 is 29.3 Å². The number of hydrogen-bond acceptors (Lipinski definition) is 6. The number of carbonyl (C=O) groups excluding carboxylic acids is 3. The number of ether oxygens (including phenoxy) is 1. The number of esters is 1. The lowest BCUT2D eigenvalue weighted by Gasteiger charge is -2.58. The molecule has 0 amide bonds. The van der Waals surface area contributed by atoms with Crippen molar-refractivity contribution in [1.82, 2.24) is 0 Å². The minimum atomic E-state index is -1.10. The maximum Gasteiger partial charge on any atom is 0.306 e. The Balaban J connectivity index is 1.67. The lowest BCUT2D eigenvalue weighted by molar-refractivity contribution is -0.189. The third kappa shape index (κ3) is 2.94. The normalized spacial score (nSPS) is 40.8. The smallest absolute Gasteiger partial charge is 0.306 e. The lowest BCUT2D eigenvalue weighted by Crippen LogP contribution is -2.59. The van der Waals surface area contributed by atoms with E-state index in [0.717, 1.165) is 31.3 Å². The highest BCUT2D eigenvalue weighted by Gasteiger charge is 2.68. The molecule has 6 atom stereocenters. The van der Waals surface area contributed by atoms with Crippen LogP contribution in [0, 0.1) is 28.6 Å². The highest BCUT2D eigenvalue weighted by Crippen LogP contribution is 2.68. The van der Waals surface area contributed by atoms with Crippen LogP contribution in [0.4, 0.5) is 0 Å². The number of allylic oxidation sites excluding steroid dienone is 3. The molecule has 0 aromatic heterocycles. The average molecular weight is 445 g/mol. The number of hydrogen-bond donors (Lipinski definition) is 2. The fourth-order valence-corrected chi connectivity index (χ4v) is 7.74. The van der Waals surface area contributed by atoms with Crippen molar-refractivity contribution in [1.29, 1.82) is 0 Å². The van der Waals surface area contributed by atoms with Crippen molar-refractivity contribution in [3.63, 3.8) is 0 Å². The Kier molecular flexibility index (Phi) is 5.58. The Morgan fingerprint density at radius 3 is 2.47 bits per heavy atom. The summed E-state index contributed by atoms with van der Waals surface area (Å²) in [6.45, 7) is 7.58. The zero-order valence-corrected chi connectivity index (χ0v) is 19.7. The number of ketones is 2. The molecular formula is C26H36O6. The highest BCUT2D eigenvalue weighted by molar-refractivity contribution is 6.02. The molecule has 3 saturated carbocycles. The van der Waals surface area contributed by atoms with E-state index in [4.69, 9.17) is 4.74 Å². The van der Waals surface area contributed by atoms with Gasteiger partial charge >= 0.3 is 5.97 Å². The molecule has 0 aromatic carbocycles. The maximum absolute atomic E-state index is 13.2. The van der Waals surface area contributed by atoms with Crippen LogP contribution in [0.3, 0.4) is 0 Å². The van der Waals surface area contributed by atoms with Crippen LogP contribution in [0.25, 0.3) is 0 Å². The SMILES string of the molecule is CCCCC(=O)O[C@]1(C(C)=O)CC[C@H]2[C@@H]3CCC4=CC(O)=C(O)C(=O)[C@]4(C)[C@H]3CC[C@@]21C.